The molecule has 0 bridgehead atoms. The van der Waals surface area contributed by atoms with Gasteiger partial charge < -0.3 is 24.1 Å². The fraction of sp³-hybridized carbons (Fsp3) is 0.400. The van der Waals surface area contributed by atoms with Crippen molar-refractivity contribution in [1.29, 1.82) is 0 Å². The highest BCUT2D eigenvalue weighted by Crippen LogP contribution is 2.36. The number of phenols is 1. The van der Waals surface area contributed by atoms with Crippen molar-refractivity contribution in [2.24, 2.45) is 0 Å². The normalized spacial score (nSPS) is 15.2. The first-order valence-corrected chi connectivity index (χ1v) is 11.0. The Labute approximate surface area is 192 Å². The van der Waals surface area contributed by atoms with E-state index in [2.05, 4.69) is 9.80 Å². The highest BCUT2D eigenvalue weighted by atomic mass is 16.5. The molecule has 1 fully saturated rings. The monoisotopic (exact) mass is 454 g/mol. The van der Waals surface area contributed by atoms with Crippen LogP contribution in [0, 0.1) is 6.92 Å². The molecule has 33 heavy (non-hydrogen) atoms. The van der Waals surface area contributed by atoms with E-state index < -0.39 is 5.63 Å². The Hall–Kier alpha value is -3.07. The molecule has 1 aromatic heterocycles. The first kappa shape index (κ1) is 23.1. The predicted octanol–water partition coefficient (Wildman–Crippen LogP) is 2.60. The fourth-order valence-corrected chi connectivity index (χ4v) is 4.48. The zero-order chi connectivity index (χ0) is 23.5. The Balaban J connectivity index is 1.72. The van der Waals surface area contributed by atoms with Crippen LogP contribution >= 0.6 is 0 Å². The molecule has 0 radical (unpaired) electrons. The van der Waals surface area contributed by atoms with Crippen molar-refractivity contribution >= 4 is 11.0 Å². The molecule has 0 amide bonds. The summed E-state index contributed by atoms with van der Waals surface area (Å²) in [5.41, 5.74) is 2.48. The van der Waals surface area contributed by atoms with Gasteiger partial charge in [-0.2, -0.15) is 0 Å². The molecule has 2 aromatic carbocycles. The van der Waals surface area contributed by atoms with Gasteiger partial charge >= 0.3 is 5.63 Å². The number of β-amino-alcohol motifs (C(OH)–C–C–N with tert-alkyl or cyclic N) is 1. The second kappa shape index (κ2) is 9.82. The number of aryl methyl sites for hydroxylation is 1. The SMILES string of the molecule is COc1ccc(-c2c(C)c3ccc(O)c(CN4CCN(CCO)CC4)c3oc2=O)cc1OC. The lowest BCUT2D eigenvalue weighted by Crippen LogP contribution is -2.46. The van der Waals surface area contributed by atoms with Crippen molar-refractivity contribution in [3.63, 3.8) is 0 Å². The van der Waals surface area contributed by atoms with Gasteiger partial charge in [-0.25, -0.2) is 4.79 Å². The maximum Gasteiger partial charge on any atom is 0.344 e. The van der Waals surface area contributed by atoms with Gasteiger partial charge in [0.25, 0.3) is 0 Å². The van der Waals surface area contributed by atoms with Crippen molar-refractivity contribution in [3.05, 3.63) is 51.9 Å². The van der Waals surface area contributed by atoms with Crippen LogP contribution in [0.3, 0.4) is 0 Å². The van der Waals surface area contributed by atoms with Crippen LogP contribution in [0.25, 0.3) is 22.1 Å². The van der Waals surface area contributed by atoms with Crippen molar-refractivity contribution < 1.29 is 24.1 Å². The Morgan fingerprint density at radius 3 is 2.36 bits per heavy atom. The number of fused-ring (bicyclic) bond motifs is 1. The number of benzene rings is 2. The van der Waals surface area contributed by atoms with Crippen molar-refractivity contribution in [3.8, 4) is 28.4 Å². The lowest BCUT2D eigenvalue weighted by atomic mass is 9.97. The van der Waals surface area contributed by atoms with E-state index in [-0.39, 0.29) is 12.4 Å². The highest BCUT2D eigenvalue weighted by Gasteiger charge is 2.22. The van der Waals surface area contributed by atoms with E-state index in [9.17, 15) is 9.90 Å². The summed E-state index contributed by atoms with van der Waals surface area (Å²) in [6.45, 7) is 6.49. The standard InChI is InChI=1S/C25H30N2O6/c1-16-18-5-6-20(29)19(15-27-10-8-26(9-11-27)12-13-28)24(18)33-25(30)23(16)17-4-7-21(31-2)22(14-17)32-3/h4-7,14,28-29H,8-13,15H2,1-3H3. The minimum absolute atomic E-state index is 0.113. The molecule has 0 saturated carbocycles. The van der Waals surface area contributed by atoms with Crippen molar-refractivity contribution in [2.45, 2.75) is 13.5 Å². The molecule has 8 nitrogen and oxygen atoms in total. The largest absolute Gasteiger partial charge is 0.507 e. The van der Waals surface area contributed by atoms with E-state index in [0.717, 1.165) is 37.1 Å². The van der Waals surface area contributed by atoms with E-state index in [1.165, 1.54) is 0 Å². The molecule has 8 heteroatoms. The first-order valence-electron chi connectivity index (χ1n) is 11.0. The summed E-state index contributed by atoms with van der Waals surface area (Å²) in [6, 6.07) is 8.77. The predicted molar refractivity (Wildman–Crippen MR) is 126 cm³/mol. The Bertz CT molecular complexity index is 1200. The van der Waals surface area contributed by atoms with Crippen LogP contribution in [-0.2, 0) is 6.54 Å². The van der Waals surface area contributed by atoms with Gasteiger partial charge in [-0.15, -0.1) is 0 Å². The van der Waals surface area contributed by atoms with Crippen LogP contribution in [0.5, 0.6) is 17.2 Å². The second-order valence-electron chi connectivity index (χ2n) is 8.24. The lowest BCUT2D eigenvalue weighted by Gasteiger charge is -2.34. The van der Waals surface area contributed by atoms with Crippen LogP contribution in [0.1, 0.15) is 11.1 Å². The summed E-state index contributed by atoms with van der Waals surface area (Å²) in [5.74, 6) is 1.22. The van der Waals surface area contributed by atoms with Gasteiger partial charge in [0.2, 0.25) is 0 Å². The van der Waals surface area contributed by atoms with Crippen LogP contribution in [-0.4, -0.2) is 73.6 Å². The number of aromatic hydroxyl groups is 1. The molecule has 1 aliphatic heterocycles. The topological polar surface area (TPSA) is 95.6 Å². The van der Waals surface area contributed by atoms with E-state index in [1.54, 1.807) is 44.6 Å². The Kier molecular flexibility index (Phi) is 6.88. The highest BCUT2D eigenvalue weighted by molar-refractivity contribution is 5.90. The molecule has 4 rings (SSSR count). The average Bonchev–Trinajstić information content (AvgIpc) is 2.82. The molecule has 1 saturated heterocycles. The van der Waals surface area contributed by atoms with Crippen LogP contribution < -0.4 is 15.1 Å². The van der Waals surface area contributed by atoms with Gasteiger partial charge in [0, 0.05) is 44.7 Å². The number of nitrogens with zero attached hydrogens (tertiary/aromatic N) is 2. The van der Waals surface area contributed by atoms with E-state index in [0.29, 0.717) is 46.9 Å². The number of methoxy groups -OCH3 is 2. The third-order valence-electron chi connectivity index (χ3n) is 6.35. The minimum atomic E-state index is -0.466. The molecule has 2 N–H and O–H groups in total. The summed E-state index contributed by atoms with van der Waals surface area (Å²) in [6.07, 6.45) is 0. The van der Waals surface area contributed by atoms with Crippen molar-refractivity contribution in [1.82, 2.24) is 9.80 Å². The summed E-state index contributed by atoms with van der Waals surface area (Å²) < 4.78 is 16.5. The molecule has 3 aromatic rings. The molecule has 0 spiro atoms. The molecule has 0 aliphatic carbocycles. The quantitative estimate of drug-likeness (QED) is 0.526. The molecule has 1 aliphatic rings. The van der Waals surface area contributed by atoms with Crippen LogP contribution in [0.15, 0.2) is 39.5 Å². The number of ether oxygens (including phenoxy) is 2. The molecule has 0 unspecified atom stereocenters. The van der Waals surface area contributed by atoms with Gasteiger partial charge in [0.15, 0.2) is 11.5 Å². The van der Waals surface area contributed by atoms with Gasteiger partial charge in [0.05, 0.1) is 32.0 Å². The number of piperazine rings is 1. The zero-order valence-corrected chi connectivity index (χ0v) is 19.3. The van der Waals surface area contributed by atoms with Gasteiger partial charge in [-0.05, 0) is 42.3 Å². The van der Waals surface area contributed by atoms with E-state index in [4.69, 9.17) is 19.0 Å². The number of hydrogen-bond acceptors (Lipinski definition) is 8. The summed E-state index contributed by atoms with van der Waals surface area (Å²) in [5, 5.41) is 20.5. The van der Waals surface area contributed by atoms with Gasteiger partial charge in [-0.3, -0.25) is 9.80 Å². The number of aliphatic hydroxyl groups is 1. The minimum Gasteiger partial charge on any atom is -0.507 e. The van der Waals surface area contributed by atoms with E-state index >= 15 is 0 Å². The Morgan fingerprint density at radius 2 is 1.70 bits per heavy atom. The molecule has 176 valence electrons. The van der Waals surface area contributed by atoms with Crippen LogP contribution in [0.4, 0.5) is 0 Å². The number of hydrogen-bond donors (Lipinski definition) is 2. The smallest absolute Gasteiger partial charge is 0.344 e. The lowest BCUT2D eigenvalue weighted by molar-refractivity contribution is 0.108. The number of aliphatic hydroxyl groups excluding tert-OH is 1. The van der Waals surface area contributed by atoms with E-state index in [1.807, 2.05) is 6.92 Å². The molecular formula is C25H30N2O6. The van der Waals surface area contributed by atoms with Gasteiger partial charge in [0.1, 0.15) is 11.3 Å². The average molecular weight is 455 g/mol. The van der Waals surface area contributed by atoms with Gasteiger partial charge in [-0.1, -0.05) is 6.07 Å². The third-order valence-corrected chi connectivity index (χ3v) is 6.35. The third kappa shape index (κ3) is 4.55. The first-order chi connectivity index (χ1) is 16.0. The number of rotatable bonds is 7. The second-order valence-corrected chi connectivity index (χ2v) is 8.24. The summed E-state index contributed by atoms with van der Waals surface area (Å²) >= 11 is 0. The number of phenolic OH excluding ortho intramolecular Hbond substituents is 1. The summed E-state index contributed by atoms with van der Waals surface area (Å²) in [7, 11) is 3.11. The maximum absolute atomic E-state index is 13.1. The summed E-state index contributed by atoms with van der Waals surface area (Å²) in [4.78, 5) is 17.5. The maximum atomic E-state index is 13.1. The molecule has 2 heterocycles. The molecule has 0 atom stereocenters. The molecular weight excluding hydrogens is 424 g/mol. The Morgan fingerprint density at radius 1 is 1.00 bits per heavy atom. The fourth-order valence-electron chi connectivity index (χ4n) is 4.48. The zero-order valence-electron chi connectivity index (χ0n) is 19.3. The van der Waals surface area contributed by atoms with Crippen molar-refractivity contribution in [2.75, 3.05) is 53.6 Å². The van der Waals surface area contributed by atoms with Crippen LogP contribution in [0.2, 0.25) is 0 Å².